The van der Waals surface area contributed by atoms with Crippen LogP contribution in [0.3, 0.4) is 0 Å². The van der Waals surface area contributed by atoms with Gasteiger partial charge in [-0.3, -0.25) is 5.10 Å². The van der Waals surface area contributed by atoms with Crippen LogP contribution >= 0.6 is 11.5 Å². The Morgan fingerprint density at radius 3 is 2.86 bits per heavy atom. The van der Waals surface area contributed by atoms with Crippen LogP contribution < -0.4 is 4.90 Å². The molecule has 2 fully saturated rings. The molecular weight excluding hydrogens is 282 g/mol. The van der Waals surface area contributed by atoms with Gasteiger partial charge in [-0.25, -0.2) is 4.98 Å². The molecule has 112 valence electrons. The first-order valence-electron chi connectivity index (χ1n) is 8.01. The van der Waals surface area contributed by atoms with Crippen molar-refractivity contribution >= 4 is 16.7 Å². The van der Waals surface area contributed by atoms with E-state index in [4.69, 9.17) is 4.98 Å². The van der Waals surface area contributed by atoms with E-state index in [0.717, 1.165) is 17.5 Å². The van der Waals surface area contributed by atoms with Crippen LogP contribution in [0.15, 0.2) is 12.3 Å². The topological polar surface area (TPSA) is 57.7 Å². The predicted octanol–water partition coefficient (Wildman–Crippen LogP) is 3.65. The van der Waals surface area contributed by atoms with E-state index in [1.165, 1.54) is 50.6 Å². The zero-order chi connectivity index (χ0) is 14.1. The number of rotatable bonds is 3. The molecule has 21 heavy (non-hydrogen) atoms. The largest absolute Gasteiger partial charge is 0.338 e. The van der Waals surface area contributed by atoms with Gasteiger partial charge in [-0.15, -0.1) is 0 Å². The second-order valence-corrected chi connectivity index (χ2v) is 6.86. The summed E-state index contributed by atoms with van der Waals surface area (Å²) in [4.78, 5) is 7.28. The van der Waals surface area contributed by atoms with E-state index < -0.39 is 0 Å². The quantitative estimate of drug-likeness (QED) is 0.940. The van der Waals surface area contributed by atoms with Crippen LogP contribution in [0.1, 0.15) is 68.4 Å². The number of H-pyrrole nitrogens is 1. The van der Waals surface area contributed by atoms with Crippen molar-refractivity contribution in [2.75, 3.05) is 11.4 Å². The van der Waals surface area contributed by atoms with Crippen LogP contribution in [0.4, 0.5) is 5.13 Å². The Hall–Kier alpha value is -1.43. The molecule has 1 unspecified atom stereocenters. The number of aromatic amines is 1. The molecule has 1 saturated heterocycles. The highest BCUT2D eigenvalue weighted by Crippen LogP contribution is 2.38. The van der Waals surface area contributed by atoms with Gasteiger partial charge in [0.2, 0.25) is 5.13 Å². The van der Waals surface area contributed by atoms with Crippen LogP contribution in [0.25, 0.3) is 0 Å². The molecule has 1 saturated carbocycles. The first kappa shape index (κ1) is 13.2. The van der Waals surface area contributed by atoms with Gasteiger partial charge in [0.25, 0.3) is 0 Å². The minimum atomic E-state index is 0.389. The predicted molar refractivity (Wildman–Crippen MR) is 83.6 cm³/mol. The van der Waals surface area contributed by atoms with E-state index in [-0.39, 0.29) is 0 Å². The summed E-state index contributed by atoms with van der Waals surface area (Å²) in [5.74, 6) is 1.68. The number of anilines is 1. The van der Waals surface area contributed by atoms with Crippen molar-refractivity contribution in [3.8, 4) is 0 Å². The molecule has 2 aromatic heterocycles. The van der Waals surface area contributed by atoms with Crippen LogP contribution in [0.5, 0.6) is 0 Å². The Kier molecular flexibility index (Phi) is 3.63. The van der Waals surface area contributed by atoms with E-state index in [1.54, 1.807) is 11.5 Å². The van der Waals surface area contributed by atoms with E-state index in [1.807, 2.05) is 6.20 Å². The van der Waals surface area contributed by atoms with Crippen LogP contribution in [0.2, 0.25) is 0 Å². The molecule has 0 bridgehead atoms. The van der Waals surface area contributed by atoms with Crippen molar-refractivity contribution in [3.05, 3.63) is 23.8 Å². The van der Waals surface area contributed by atoms with Crippen molar-refractivity contribution in [3.63, 3.8) is 0 Å². The second kappa shape index (κ2) is 5.75. The monoisotopic (exact) mass is 303 g/mol. The van der Waals surface area contributed by atoms with Gasteiger partial charge in [-0.1, -0.05) is 19.3 Å². The molecule has 0 aromatic carbocycles. The van der Waals surface area contributed by atoms with Gasteiger partial charge in [0.15, 0.2) is 0 Å². The van der Waals surface area contributed by atoms with Gasteiger partial charge in [0.1, 0.15) is 5.82 Å². The number of nitrogens with zero attached hydrogens (tertiary/aromatic N) is 4. The zero-order valence-electron chi connectivity index (χ0n) is 12.2. The third-order valence-corrected chi connectivity index (χ3v) is 5.55. The second-order valence-electron chi connectivity index (χ2n) is 6.13. The van der Waals surface area contributed by atoms with Gasteiger partial charge in [-0.05, 0) is 31.7 Å². The van der Waals surface area contributed by atoms with E-state index in [0.29, 0.717) is 12.0 Å². The Balaban J connectivity index is 1.54. The van der Waals surface area contributed by atoms with Crippen LogP contribution in [-0.4, -0.2) is 26.1 Å². The highest BCUT2D eigenvalue weighted by molar-refractivity contribution is 7.09. The number of nitrogens with one attached hydrogen (secondary N) is 1. The summed E-state index contributed by atoms with van der Waals surface area (Å²) in [6, 6.07) is 2.46. The molecule has 4 rings (SSSR count). The van der Waals surface area contributed by atoms with Gasteiger partial charge < -0.3 is 4.90 Å². The number of hydrogen-bond acceptors (Lipinski definition) is 5. The zero-order valence-corrected chi connectivity index (χ0v) is 13.0. The molecule has 5 nitrogen and oxygen atoms in total. The standard InChI is InChI=1S/C15H21N5S/c1-2-5-11(6-3-1)14-17-15(21-19-14)20-10-4-7-13(20)12-8-9-16-18-12/h8-9,11,13H,1-7,10H2,(H,16,18). The van der Waals surface area contributed by atoms with E-state index in [2.05, 4.69) is 25.5 Å². The molecule has 3 heterocycles. The minimum absolute atomic E-state index is 0.389. The summed E-state index contributed by atoms with van der Waals surface area (Å²) in [5, 5.41) is 8.29. The van der Waals surface area contributed by atoms with E-state index >= 15 is 0 Å². The lowest BCUT2D eigenvalue weighted by Crippen LogP contribution is -2.22. The molecule has 1 N–H and O–H groups in total. The lowest BCUT2D eigenvalue weighted by atomic mass is 9.89. The molecule has 1 aliphatic carbocycles. The highest BCUT2D eigenvalue weighted by atomic mass is 32.1. The molecule has 2 aliphatic rings. The number of hydrogen-bond donors (Lipinski definition) is 1. The Bertz CT molecular complexity index is 573. The van der Waals surface area contributed by atoms with Gasteiger partial charge in [0.05, 0.1) is 11.7 Å². The molecular formula is C15H21N5S. The lowest BCUT2D eigenvalue weighted by Gasteiger charge is -2.22. The fourth-order valence-electron chi connectivity index (χ4n) is 3.64. The molecule has 0 spiro atoms. The van der Waals surface area contributed by atoms with Crippen molar-refractivity contribution in [1.29, 1.82) is 0 Å². The summed E-state index contributed by atoms with van der Waals surface area (Å²) >= 11 is 1.57. The molecule has 6 heteroatoms. The highest BCUT2D eigenvalue weighted by Gasteiger charge is 2.30. The third kappa shape index (κ3) is 2.57. The normalized spacial score (nSPS) is 23.8. The fourth-order valence-corrected chi connectivity index (χ4v) is 4.46. The van der Waals surface area contributed by atoms with Crippen LogP contribution in [-0.2, 0) is 0 Å². The first-order valence-corrected chi connectivity index (χ1v) is 8.78. The van der Waals surface area contributed by atoms with Gasteiger partial charge in [0, 0.05) is 30.2 Å². The SMILES string of the molecule is c1cc(C2CCCN2c2nc(C3CCCCC3)ns2)[nH]n1. The Morgan fingerprint density at radius 2 is 2.05 bits per heavy atom. The molecule has 1 aliphatic heterocycles. The molecule has 2 aromatic rings. The van der Waals surface area contributed by atoms with Crippen molar-refractivity contribution < 1.29 is 0 Å². The van der Waals surface area contributed by atoms with Crippen molar-refractivity contribution in [2.45, 2.75) is 56.9 Å². The molecule has 1 atom stereocenters. The minimum Gasteiger partial charge on any atom is -0.338 e. The summed E-state index contributed by atoms with van der Waals surface area (Å²) in [5.41, 5.74) is 1.20. The maximum atomic E-state index is 4.88. The lowest BCUT2D eigenvalue weighted by molar-refractivity contribution is 0.431. The maximum absolute atomic E-state index is 4.88. The Labute approximate surface area is 129 Å². The summed E-state index contributed by atoms with van der Waals surface area (Å²) in [6.07, 6.45) is 10.8. The summed E-state index contributed by atoms with van der Waals surface area (Å²) < 4.78 is 4.66. The summed E-state index contributed by atoms with van der Waals surface area (Å²) in [7, 11) is 0. The van der Waals surface area contributed by atoms with Gasteiger partial charge in [-0.2, -0.15) is 9.47 Å². The van der Waals surface area contributed by atoms with Crippen LogP contribution in [0, 0.1) is 0 Å². The molecule has 0 amide bonds. The maximum Gasteiger partial charge on any atom is 0.205 e. The van der Waals surface area contributed by atoms with E-state index in [9.17, 15) is 0 Å². The first-order chi connectivity index (χ1) is 10.4. The smallest absolute Gasteiger partial charge is 0.205 e. The average molecular weight is 303 g/mol. The van der Waals surface area contributed by atoms with Gasteiger partial charge >= 0.3 is 0 Å². The summed E-state index contributed by atoms with van der Waals surface area (Å²) in [6.45, 7) is 1.07. The number of aromatic nitrogens is 4. The fraction of sp³-hybridized carbons (Fsp3) is 0.667. The average Bonchev–Trinajstić information content (AvgIpc) is 3.27. The third-order valence-electron chi connectivity index (χ3n) is 4.78. The van der Waals surface area contributed by atoms with Crippen molar-refractivity contribution in [2.24, 2.45) is 0 Å². The van der Waals surface area contributed by atoms with Crippen molar-refractivity contribution in [1.82, 2.24) is 19.6 Å². The Morgan fingerprint density at radius 1 is 1.14 bits per heavy atom. The molecule has 0 radical (unpaired) electrons.